The van der Waals surface area contributed by atoms with Crippen LogP contribution in [0, 0.1) is 23.7 Å². The Bertz CT molecular complexity index is 1190. The highest BCUT2D eigenvalue weighted by atomic mass is 32.2. The molecule has 0 bridgehead atoms. The smallest absolute Gasteiger partial charge is 0.308 e. The fraction of sp³-hybridized carbons (Fsp3) is 0.385. The van der Waals surface area contributed by atoms with Crippen LogP contribution in [-0.4, -0.2) is 41.4 Å². The summed E-state index contributed by atoms with van der Waals surface area (Å²) in [4.78, 5) is 11.7. The van der Waals surface area contributed by atoms with Crippen molar-refractivity contribution in [1.29, 1.82) is 0 Å². The summed E-state index contributed by atoms with van der Waals surface area (Å²) in [6.07, 6.45) is 5.04. The van der Waals surface area contributed by atoms with Gasteiger partial charge in [-0.3, -0.25) is 4.79 Å². The fourth-order valence-corrected chi connectivity index (χ4v) is 4.80. The molecule has 0 aliphatic heterocycles. The maximum Gasteiger partial charge on any atom is 0.308 e. The lowest BCUT2D eigenvalue weighted by atomic mass is 9.83. The third-order valence-corrected chi connectivity index (χ3v) is 7.18. The number of esters is 1. The number of rotatable bonds is 7. The Morgan fingerprint density at radius 2 is 1.79 bits per heavy atom. The summed E-state index contributed by atoms with van der Waals surface area (Å²) >= 11 is 0. The Hall–Kier alpha value is -3.15. The number of anilines is 1. The number of nitrogens with zero attached hydrogens (tertiary/aromatic N) is 1. The van der Waals surface area contributed by atoms with Gasteiger partial charge in [-0.15, -0.1) is 0 Å². The lowest BCUT2D eigenvalue weighted by molar-refractivity contribution is -0.146. The fourth-order valence-electron chi connectivity index (χ4n) is 3.83. The molecule has 0 radical (unpaired) electrons. The minimum absolute atomic E-state index is 0.0130. The summed E-state index contributed by atoms with van der Waals surface area (Å²) in [6.45, 7) is 0.664. The highest BCUT2D eigenvalue weighted by Crippen LogP contribution is 2.29. The number of ether oxygens (including phenoxy) is 2. The van der Waals surface area contributed by atoms with Crippen molar-refractivity contribution < 1.29 is 22.7 Å². The molecule has 0 unspecified atom stereocenters. The molecule has 1 fully saturated rings. The molecule has 0 heterocycles. The Labute approximate surface area is 201 Å². The molecule has 0 aromatic heterocycles. The lowest BCUT2D eigenvalue weighted by Gasteiger charge is -2.24. The van der Waals surface area contributed by atoms with E-state index >= 15 is 0 Å². The molecule has 0 saturated heterocycles. The number of carbonyl (C=O) groups is 1. The van der Waals surface area contributed by atoms with Gasteiger partial charge in [0.15, 0.2) is 0 Å². The van der Waals surface area contributed by atoms with Gasteiger partial charge in [-0.25, -0.2) is 0 Å². The van der Waals surface area contributed by atoms with E-state index in [2.05, 4.69) is 16.2 Å². The topological polar surface area (TPSA) is 108 Å². The molecular weight excluding hydrogens is 452 g/mol. The van der Waals surface area contributed by atoms with Crippen molar-refractivity contribution in [1.82, 2.24) is 0 Å². The molecule has 0 spiro atoms. The predicted octanol–water partition coefficient (Wildman–Crippen LogP) is 3.60. The quantitative estimate of drug-likeness (QED) is 0.280. The molecular formula is C26H30N2O5S. The van der Waals surface area contributed by atoms with Crippen molar-refractivity contribution in [3.05, 3.63) is 59.2 Å². The second-order valence-corrected chi connectivity index (χ2v) is 9.94. The van der Waals surface area contributed by atoms with Gasteiger partial charge in [0.1, 0.15) is 0 Å². The molecule has 8 heteroatoms. The minimum atomic E-state index is -3.87. The van der Waals surface area contributed by atoms with Gasteiger partial charge < -0.3 is 15.2 Å². The van der Waals surface area contributed by atoms with Crippen LogP contribution in [0.3, 0.4) is 0 Å². The van der Waals surface area contributed by atoms with Crippen LogP contribution in [0.4, 0.5) is 5.69 Å². The van der Waals surface area contributed by atoms with Gasteiger partial charge in [-0.2, -0.15) is 12.8 Å². The maximum absolute atomic E-state index is 12.7. The standard InChI is InChI=1S/C26H30N2O5S/c1-32-16-15-20-5-3-19(4-6-20)7-10-22-13-14-24(17-25(22)27)34(30,31)28-18-21-8-11-23(12-9-21)26(29)33-2/h3-6,13-14,17-18,21,23H,8-9,11-12,15-16,27H2,1-2H3/b28-18+. The number of hydrogen-bond donors (Lipinski definition) is 1. The Balaban J connectivity index is 1.64. The summed E-state index contributed by atoms with van der Waals surface area (Å²) in [7, 11) is -0.819. The van der Waals surface area contributed by atoms with E-state index in [0.717, 1.165) is 12.0 Å². The largest absolute Gasteiger partial charge is 0.469 e. The number of nitrogens with two attached hydrogens (primary N) is 1. The lowest BCUT2D eigenvalue weighted by Crippen LogP contribution is -2.23. The summed E-state index contributed by atoms with van der Waals surface area (Å²) in [5.41, 5.74) is 8.91. The van der Waals surface area contributed by atoms with Crippen molar-refractivity contribution in [2.24, 2.45) is 16.2 Å². The second kappa shape index (κ2) is 11.8. The zero-order valence-corrected chi connectivity index (χ0v) is 20.3. The Morgan fingerprint density at radius 1 is 1.09 bits per heavy atom. The van der Waals surface area contributed by atoms with Crippen LogP contribution in [0.15, 0.2) is 51.8 Å². The van der Waals surface area contributed by atoms with Gasteiger partial charge in [0.05, 0.1) is 24.5 Å². The summed E-state index contributed by atoms with van der Waals surface area (Å²) < 4.78 is 39.1. The third kappa shape index (κ3) is 6.92. The van der Waals surface area contributed by atoms with Crippen LogP contribution in [0.1, 0.15) is 42.4 Å². The van der Waals surface area contributed by atoms with Crippen molar-refractivity contribution in [3.63, 3.8) is 0 Å². The van der Waals surface area contributed by atoms with E-state index in [1.54, 1.807) is 13.2 Å². The third-order valence-electron chi connectivity index (χ3n) is 5.93. The van der Waals surface area contributed by atoms with Crippen molar-refractivity contribution in [2.45, 2.75) is 37.0 Å². The Morgan fingerprint density at radius 3 is 2.41 bits per heavy atom. The molecule has 0 atom stereocenters. The van der Waals surface area contributed by atoms with Gasteiger partial charge in [0.25, 0.3) is 10.0 Å². The normalized spacial score (nSPS) is 18.3. The molecule has 0 amide bonds. The molecule has 1 aliphatic carbocycles. The zero-order valence-electron chi connectivity index (χ0n) is 19.5. The molecule has 34 heavy (non-hydrogen) atoms. The molecule has 2 aromatic rings. The first kappa shape index (κ1) is 25.5. The first-order valence-corrected chi connectivity index (χ1v) is 12.6. The van der Waals surface area contributed by atoms with E-state index in [9.17, 15) is 13.2 Å². The van der Waals surface area contributed by atoms with Gasteiger partial charge in [0.2, 0.25) is 0 Å². The monoisotopic (exact) mass is 482 g/mol. The van der Waals surface area contributed by atoms with E-state index in [-0.39, 0.29) is 28.4 Å². The average Bonchev–Trinajstić information content (AvgIpc) is 2.86. The average molecular weight is 483 g/mol. The van der Waals surface area contributed by atoms with Crippen molar-refractivity contribution >= 4 is 27.9 Å². The van der Waals surface area contributed by atoms with E-state index in [1.165, 1.54) is 31.0 Å². The predicted molar refractivity (Wildman–Crippen MR) is 132 cm³/mol. The molecule has 1 saturated carbocycles. The maximum atomic E-state index is 12.7. The number of nitrogen functional groups attached to an aromatic ring is 1. The van der Waals surface area contributed by atoms with Crippen LogP contribution in [0.2, 0.25) is 0 Å². The summed E-state index contributed by atoms with van der Waals surface area (Å²) in [6, 6.07) is 12.3. The molecule has 3 rings (SSSR count). The number of benzene rings is 2. The minimum Gasteiger partial charge on any atom is -0.469 e. The molecule has 180 valence electrons. The summed E-state index contributed by atoms with van der Waals surface area (Å²) in [5, 5.41) is 0. The van der Waals surface area contributed by atoms with E-state index < -0.39 is 10.0 Å². The van der Waals surface area contributed by atoms with Crippen molar-refractivity contribution in [2.75, 3.05) is 26.6 Å². The molecule has 2 N–H and O–H groups in total. The first-order chi connectivity index (χ1) is 16.3. The second-order valence-electron chi connectivity index (χ2n) is 8.30. The number of sulfonamides is 1. The van der Waals surface area contributed by atoms with Crippen LogP contribution in [0.5, 0.6) is 0 Å². The highest BCUT2D eigenvalue weighted by Gasteiger charge is 2.26. The molecule has 7 nitrogen and oxygen atoms in total. The first-order valence-electron chi connectivity index (χ1n) is 11.2. The van der Waals surface area contributed by atoms with Crippen LogP contribution in [0.25, 0.3) is 0 Å². The van der Waals surface area contributed by atoms with Gasteiger partial charge in [-0.05, 0) is 73.9 Å². The van der Waals surface area contributed by atoms with Crippen LogP contribution in [-0.2, 0) is 30.7 Å². The number of hydrogen-bond acceptors (Lipinski definition) is 6. The van der Waals surface area contributed by atoms with E-state index in [1.807, 2.05) is 24.3 Å². The van der Waals surface area contributed by atoms with Gasteiger partial charge in [0, 0.05) is 30.1 Å². The number of carbonyl (C=O) groups excluding carboxylic acids is 1. The summed E-state index contributed by atoms with van der Waals surface area (Å²) in [5.74, 6) is 5.74. The van der Waals surface area contributed by atoms with Gasteiger partial charge in [-0.1, -0.05) is 24.0 Å². The van der Waals surface area contributed by atoms with Crippen LogP contribution < -0.4 is 5.73 Å². The van der Waals surface area contributed by atoms with E-state index in [0.29, 0.717) is 37.9 Å². The number of methoxy groups -OCH3 is 2. The Kier molecular flexibility index (Phi) is 8.85. The molecule has 2 aromatic carbocycles. The molecule has 1 aliphatic rings. The highest BCUT2D eigenvalue weighted by molar-refractivity contribution is 7.90. The van der Waals surface area contributed by atoms with Crippen LogP contribution >= 0.6 is 0 Å². The SMILES string of the molecule is COCCc1ccc(C#Cc2ccc(S(=O)(=O)/N=C/C3CCC(C(=O)OC)CC3)cc2N)cc1. The zero-order chi connectivity index (χ0) is 24.6. The van der Waals surface area contributed by atoms with E-state index in [4.69, 9.17) is 15.2 Å². The van der Waals surface area contributed by atoms with Crippen molar-refractivity contribution in [3.8, 4) is 11.8 Å². The van der Waals surface area contributed by atoms with Gasteiger partial charge >= 0.3 is 5.97 Å².